The molecule has 2 aromatic rings. The summed E-state index contributed by atoms with van der Waals surface area (Å²) < 4.78 is 0. The fourth-order valence-electron chi connectivity index (χ4n) is 3.01. The Morgan fingerprint density at radius 3 is 2.80 bits per heavy atom. The lowest BCUT2D eigenvalue weighted by Gasteiger charge is -2.32. The first-order valence-electron chi connectivity index (χ1n) is 8.35. The Hall–Kier alpha value is -2.41. The number of para-hydroxylation sites is 1. The highest BCUT2D eigenvalue weighted by molar-refractivity contribution is 7.14. The highest BCUT2D eigenvalue weighted by atomic mass is 32.1. The standard InChI is InChI=1S/C18H22N4O2S/c1-13(23)19-14-7-6-10-22(11-14)17(24)16-12-25-18(20-16)21(2)15-8-4-3-5-9-15/h3-5,8-9,12,14H,6-7,10-11H2,1-2H3,(H,19,23). The molecular weight excluding hydrogens is 336 g/mol. The molecule has 0 spiro atoms. The third-order valence-corrected chi connectivity index (χ3v) is 5.17. The van der Waals surface area contributed by atoms with Crippen molar-refractivity contribution in [1.82, 2.24) is 15.2 Å². The Labute approximate surface area is 151 Å². The third kappa shape index (κ3) is 4.17. The smallest absolute Gasteiger partial charge is 0.273 e. The molecule has 0 saturated carbocycles. The van der Waals surface area contributed by atoms with Crippen molar-refractivity contribution < 1.29 is 9.59 Å². The van der Waals surface area contributed by atoms with E-state index in [4.69, 9.17) is 0 Å². The molecule has 0 radical (unpaired) electrons. The van der Waals surface area contributed by atoms with E-state index in [9.17, 15) is 9.59 Å². The maximum atomic E-state index is 12.7. The zero-order valence-electron chi connectivity index (χ0n) is 14.4. The van der Waals surface area contributed by atoms with Crippen molar-refractivity contribution in [2.45, 2.75) is 25.8 Å². The van der Waals surface area contributed by atoms with E-state index in [0.29, 0.717) is 18.8 Å². The van der Waals surface area contributed by atoms with Crippen molar-refractivity contribution in [3.63, 3.8) is 0 Å². The number of nitrogens with zero attached hydrogens (tertiary/aromatic N) is 3. The molecule has 0 aliphatic carbocycles. The second kappa shape index (κ2) is 7.65. The van der Waals surface area contributed by atoms with E-state index < -0.39 is 0 Å². The Morgan fingerprint density at radius 2 is 2.08 bits per heavy atom. The predicted octanol–water partition coefficient (Wildman–Crippen LogP) is 2.65. The maximum absolute atomic E-state index is 12.7. The first kappa shape index (κ1) is 17.4. The normalized spacial score (nSPS) is 17.2. The first-order valence-corrected chi connectivity index (χ1v) is 9.23. The van der Waals surface area contributed by atoms with Crippen LogP contribution < -0.4 is 10.2 Å². The van der Waals surface area contributed by atoms with Crippen molar-refractivity contribution in [2.75, 3.05) is 25.0 Å². The van der Waals surface area contributed by atoms with Gasteiger partial charge in [0, 0.05) is 44.2 Å². The largest absolute Gasteiger partial charge is 0.352 e. The van der Waals surface area contributed by atoms with Crippen molar-refractivity contribution in [3.8, 4) is 0 Å². The van der Waals surface area contributed by atoms with Crippen LogP contribution in [0.2, 0.25) is 0 Å². The molecule has 2 amide bonds. The van der Waals surface area contributed by atoms with Gasteiger partial charge in [-0.15, -0.1) is 11.3 Å². The second-order valence-corrected chi connectivity index (χ2v) is 7.04. The number of anilines is 2. The van der Waals surface area contributed by atoms with Gasteiger partial charge < -0.3 is 15.1 Å². The Morgan fingerprint density at radius 1 is 1.32 bits per heavy atom. The summed E-state index contributed by atoms with van der Waals surface area (Å²) in [4.78, 5) is 32.2. The molecule has 7 heteroatoms. The van der Waals surface area contributed by atoms with Crippen molar-refractivity contribution in [2.24, 2.45) is 0 Å². The zero-order chi connectivity index (χ0) is 17.8. The molecule has 1 aromatic heterocycles. The average Bonchev–Trinajstić information content (AvgIpc) is 3.11. The number of nitrogens with one attached hydrogen (secondary N) is 1. The number of rotatable bonds is 4. The predicted molar refractivity (Wildman–Crippen MR) is 99.4 cm³/mol. The fourth-order valence-corrected chi connectivity index (χ4v) is 3.79. The first-order chi connectivity index (χ1) is 12.0. The molecular formula is C18H22N4O2S. The van der Waals surface area contributed by atoms with Crippen molar-refractivity contribution >= 4 is 34.0 Å². The molecule has 1 aliphatic rings. The van der Waals surface area contributed by atoms with Crippen LogP contribution in [-0.2, 0) is 4.79 Å². The van der Waals surface area contributed by atoms with Gasteiger partial charge in [0.2, 0.25) is 5.91 Å². The monoisotopic (exact) mass is 358 g/mol. The summed E-state index contributed by atoms with van der Waals surface area (Å²) in [5, 5.41) is 5.49. The molecule has 6 nitrogen and oxygen atoms in total. The van der Waals surface area contributed by atoms with Gasteiger partial charge in [-0.2, -0.15) is 0 Å². The van der Waals surface area contributed by atoms with E-state index in [1.165, 1.54) is 18.3 Å². The lowest BCUT2D eigenvalue weighted by atomic mass is 10.1. The molecule has 1 fully saturated rings. The van der Waals surface area contributed by atoms with Gasteiger partial charge in [-0.3, -0.25) is 9.59 Å². The van der Waals surface area contributed by atoms with Gasteiger partial charge in [-0.25, -0.2) is 4.98 Å². The average molecular weight is 358 g/mol. The van der Waals surface area contributed by atoms with Crippen LogP contribution in [0, 0.1) is 0 Å². The number of hydrogen-bond donors (Lipinski definition) is 1. The zero-order valence-corrected chi connectivity index (χ0v) is 15.3. The number of carbonyl (C=O) groups is 2. The van der Waals surface area contributed by atoms with Crippen LogP contribution in [0.5, 0.6) is 0 Å². The number of carbonyl (C=O) groups excluding carboxylic acids is 2. The van der Waals surface area contributed by atoms with E-state index in [0.717, 1.165) is 23.7 Å². The van der Waals surface area contributed by atoms with Crippen molar-refractivity contribution in [1.29, 1.82) is 0 Å². The number of likely N-dealkylation sites (tertiary alicyclic amines) is 1. The minimum atomic E-state index is -0.0704. The summed E-state index contributed by atoms with van der Waals surface area (Å²) in [6.45, 7) is 2.75. The molecule has 1 atom stereocenters. The summed E-state index contributed by atoms with van der Waals surface area (Å²) in [6, 6.07) is 9.95. The van der Waals surface area contributed by atoms with E-state index in [1.807, 2.05) is 42.3 Å². The highest BCUT2D eigenvalue weighted by Gasteiger charge is 2.26. The van der Waals surface area contributed by atoms with Crippen molar-refractivity contribution in [3.05, 3.63) is 41.4 Å². The molecule has 2 heterocycles. The molecule has 25 heavy (non-hydrogen) atoms. The molecule has 3 rings (SSSR count). The Bertz CT molecular complexity index is 747. The highest BCUT2D eigenvalue weighted by Crippen LogP contribution is 2.27. The molecule has 1 aliphatic heterocycles. The third-order valence-electron chi connectivity index (χ3n) is 4.26. The van der Waals surface area contributed by atoms with Gasteiger partial charge in [-0.05, 0) is 25.0 Å². The molecule has 0 bridgehead atoms. The van der Waals surface area contributed by atoms with Gasteiger partial charge in [0.05, 0.1) is 0 Å². The number of aromatic nitrogens is 1. The lowest BCUT2D eigenvalue weighted by molar-refractivity contribution is -0.120. The summed E-state index contributed by atoms with van der Waals surface area (Å²) in [6.07, 6.45) is 1.79. The SMILES string of the molecule is CC(=O)NC1CCCN(C(=O)c2csc(N(C)c3ccccc3)n2)C1. The number of hydrogen-bond acceptors (Lipinski definition) is 5. The van der Waals surface area contributed by atoms with E-state index >= 15 is 0 Å². The van der Waals surface area contributed by atoms with Crippen LogP contribution in [-0.4, -0.2) is 47.9 Å². The maximum Gasteiger partial charge on any atom is 0.273 e. The second-order valence-electron chi connectivity index (χ2n) is 6.20. The topological polar surface area (TPSA) is 65.5 Å². The quantitative estimate of drug-likeness (QED) is 0.912. The van der Waals surface area contributed by atoms with Gasteiger partial charge >= 0.3 is 0 Å². The van der Waals surface area contributed by atoms with E-state index in [2.05, 4.69) is 10.3 Å². The summed E-state index contributed by atoms with van der Waals surface area (Å²) >= 11 is 1.45. The van der Waals surface area contributed by atoms with E-state index in [-0.39, 0.29) is 17.9 Å². The van der Waals surface area contributed by atoms with Gasteiger partial charge in [-0.1, -0.05) is 18.2 Å². The summed E-state index contributed by atoms with van der Waals surface area (Å²) in [7, 11) is 1.94. The minimum absolute atomic E-state index is 0.0281. The van der Waals surface area contributed by atoms with Crippen LogP contribution in [0.3, 0.4) is 0 Å². The number of benzene rings is 1. The summed E-state index contributed by atoms with van der Waals surface area (Å²) in [5.41, 5.74) is 1.49. The van der Waals surface area contributed by atoms with Crippen LogP contribution in [0.15, 0.2) is 35.7 Å². The van der Waals surface area contributed by atoms with E-state index in [1.54, 1.807) is 10.3 Å². The molecule has 1 unspecified atom stereocenters. The van der Waals surface area contributed by atoms with Gasteiger partial charge in [0.15, 0.2) is 5.13 Å². The molecule has 1 saturated heterocycles. The van der Waals surface area contributed by atoms with Crippen LogP contribution >= 0.6 is 11.3 Å². The Balaban J connectivity index is 1.69. The van der Waals surface area contributed by atoms with Gasteiger partial charge in [0.1, 0.15) is 5.69 Å². The molecule has 132 valence electrons. The number of thiazole rings is 1. The van der Waals surface area contributed by atoms with Gasteiger partial charge in [0.25, 0.3) is 5.91 Å². The lowest BCUT2D eigenvalue weighted by Crippen LogP contribution is -2.49. The van der Waals surface area contributed by atoms with Crippen LogP contribution in [0.4, 0.5) is 10.8 Å². The molecule has 1 N–H and O–H groups in total. The molecule has 1 aromatic carbocycles. The minimum Gasteiger partial charge on any atom is -0.352 e. The van der Waals surface area contributed by atoms with Crippen LogP contribution in [0.1, 0.15) is 30.3 Å². The Kier molecular flexibility index (Phi) is 5.33. The fraction of sp³-hybridized carbons (Fsp3) is 0.389. The summed E-state index contributed by atoms with van der Waals surface area (Å²) in [5.74, 6) is -0.126. The number of piperidine rings is 1. The van der Waals surface area contributed by atoms with Crippen LogP contribution in [0.25, 0.3) is 0 Å². The number of amides is 2.